The summed E-state index contributed by atoms with van der Waals surface area (Å²) in [5.41, 5.74) is -0.284. The molecule has 0 spiro atoms. The quantitative estimate of drug-likeness (QED) is 0.838. The van der Waals surface area contributed by atoms with E-state index in [-0.39, 0.29) is 17.8 Å². The Morgan fingerprint density at radius 2 is 1.77 bits per heavy atom. The van der Waals surface area contributed by atoms with Crippen LogP contribution in [0.15, 0.2) is 12.1 Å². The molecule has 0 radical (unpaired) electrons. The first-order valence-corrected chi connectivity index (χ1v) is 7.12. The van der Waals surface area contributed by atoms with Gasteiger partial charge >= 0.3 is 6.03 Å². The lowest BCUT2D eigenvalue weighted by atomic mass is 10.1. The van der Waals surface area contributed by atoms with Gasteiger partial charge in [0.05, 0.1) is 11.3 Å². The maximum Gasteiger partial charge on any atom is 0.322 e. The second-order valence-electron chi connectivity index (χ2n) is 5.21. The van der Waals surface area contributed by atoms with Crippen molar-refractivity contribution in [2.45, 2.75) is 0 Å². The second kappa shape index (κ2) is 5.88. The fraction of sp³-hybridized carbons (Fsp3) is 0.429. The second-order valence-corrected chi connectivity index (χ2v) is 5.21. The van der Waals surface area contributed by atoms with Crippen molar-refractivity contribution in [3.63, 3.8) is 0 Å². The fourth-order valence-corrected chi connectivity index (χ4v) is 2.65. The largest absolute Gasteiger partial charge is 0.336 e. The Bertz CT molecular complexity index is 617. The molecule has 0 saturated carbocycles. The Hall–Kier alpha value is -2.22. The molecule has 0 aliphatic carbocycles. The van der Waals surface area contributed by atoms with Crippen LogP contribution in [-0.2, 0) is 0 Å². The van der Waals surface area contributed by atoms with Gasteiger partial charge in [0.25, 0.3) is 5.91 Å². The third kappa shape index (κ3) is 2.61. The lowest BCUT2D eigenvalue weighted by molar-refractivity contribution is 0.0731. The number of urea groups is 1. The first-order valence-electron chi connectivity index (χ1n) is 7.12. The molecular formula is C14H16F2N4O2. The highest BCUT2D eigenvalue weighted by Crippen LogP contribution is 2.25. The van der Waals surface area contributed by atoms with Crippen LogP contribution in [-0.4, -0.2) is 56.1 Å². The predicted molar refractivity (Wildman–Crippen MR) is 75.9 cm³/mol. The Kier molecular flexibility index (Phi) is 3.93. The highest BCUT2D eigenvalue weighted by molar-refractivity contribution is 5.98. The Balaban J connectivity index is 1.93. The normalized spacial score (nSPS) is 18.5. The molecule has 2 saturated heterocycles. The van der Waals surface area contributed by atoms with Crippen molar-refractivity contribution in [2.24, 2.45) is 0 Å². The average Bonchev–Trinajstić information content (AvgIpc) is 2.94. The van der Waals surface area contributed by atoms with Crippen molar-refractivity contribution in [2.75, 3.05) is 44.2 Å². The molecule has 0 atom stereocenters. The van der Waals surface area contributed by atoms with E-state index in [0.29, 0.717) is 38.8 Å². The number of benzene rings is 1. The van der Waals surface area contributed by atoms with Gasteiger partial charge in [0.2, 0.25) is 0 Å². The van der Waals surface area contributed by atoms with Crippen LogP contribution in [0.2, 0.25) is 0 Å². The number of anilines is 1. The number of hydrogen-bond donors (Lipinski definition) is 2. The smallest absolute Gasteiger partial charge is 0.322 e. The molecule has 3 amide bonds. The monoisotopic (exact) mass is 310 g/mol. The number of nitrogens with zero attached hydrogens (tertiary/aromatic N) is 2. The number of carbonyl (C=O) groups excluding carboxylic acids is 2. The predicted octanol–water partition coefficient (Wildman–Crippen LogP) is 0.540. The molecule has 1 aromatic rings. The molecule has 0 aromatic heterocycles. The van der Waals surface area contributed by atoms with E-state index in [0.717, 1.165) is 6.07 Å². The first-order chi connectivity index (χ1) is 10.6. The van der Waals surface area contributed by atoms with Gasteiger partial charge in [0, 0.05) is 45.3 Å². The van der Waals surface area contributed by atoms with E-state index >= 15 is 0 Å². The van der Waals surface area contributed by atoms with E-state index in [1.807, 2.05) is 0 Å². The minimum absolute atomic E-state index is 0.0742. The molecule has 2 aliphatic heterocycles. The Morgan fingerprint density at radius 3 is 2.41 bits per heavy atom. The van der Waals surface area contributed by atoms with Gasteiger partial charge in [-0.2, -0.15) is 0 Å². The number of nitrogens with one attached hydrogen (secondary N) is 2. The maximum atomic E-state index is 14.0. The number of halogens is 2. The summed E-state index contributed by atoms with van der Waals surface area (Å²) >= 11 is 0. The highest BCUT2D eigenvalue weighted by Gasteiger charge is 2.28. The highest BCUT2D eigenvalue weighted by atomic mass is 19.1. The minimum Gasteiger partial charge on any atom is -0.336 e. The van der Waals surface area contributed by atoms with Crippen molar-refractivity contribution in [3.8, 4) is 0 Å². The molecular weight excluding hydrogens is 294 g/mol. The first kappa shape index (κ1) is 14.7. The van der Waals surface area contributed by atoms with Crippen LogP contribution in [0.5, 0.6) is 0 Å². The Morgan fingerprint density at radius 1 is 1.05 bits per heavy atom. The van der Waals surface area contributed by atoms with E-state index in [2.05, 4.69) is 10.6 Å². The van der Waals surface area contributed by atoms with Gasteiger partial charge in [-0.15, -0.1) is 0 Å². The zero-order valence-corrected chi connectivity index (χ0v) is 11.9. The van der Waals surface area contributed by atoms with Crippen molar-refractivity contribution in [1.82, 2.24) is 15.5 Å². The summed E-state index contributed by atoms with van der Waals surface area (Å²) in [6.45, 7) is 2.87. The fourth-order valence-electron chi connectivity index (χ4n) is 2.65. The Labute approximate surface area is 126 Å². The van der Waals surface area contributed by atoms with Crippen molar-refractivity contribution in [1.29, 1.82) is 0 Å². The molecule has 2 heterocycles. The number of piperazine rings is 1. The molecule has 2 fully saturated rings. The van der Waals surface area contributed by atoms with Crippen LogP contribution >= 0.6 is 0 Å². The summed E-state index contributed by atoms with van der Waals surface area (Å²) in [4.78, 5) is 26.7. The summed E-state index contributed by atoms with van der Waals surface area (Å²) in [5, 5.41) is 5.64. The topological polar surface area (TPSA) is 64.7 Å². The van der Waals surface area contributed by atoms with E-state index in [1.165, 1.54) is 9.80 Å². The van der Waals surface area contributed by atoms with E-state index in [9.17, 15) is 18.4 Å². The number of carbonyl (C=O) groups is 2. The summed E-state index contributed by atoms with van der Waals surface area (Å²) in [6, 6.07) is 1.34. The minimum atomic E-state index is -0.913. The molecule has 3 rings (SSSR count). The molecule has 8 heteroatoms. The summed E-state index contributed by atoms with van der Waals surface area (Å²) in [7, 11) is 0. The summed E-state index contributed by atoms with van der Waals surface area (Å²) in [5.74, 6) is -2.25. The van der Waals surface area contributed by atoms with Gasteiger partial charge in [-0.3, -0.25) is 9.69 Å². The van der Waals surface area contributed by atoms with Crippen molar-refractivity contribution >= 4 is 17.6 Å². The standard InChI is InChI=1S/C14H16F2N4O2/c15-10-8-11(16)12(20-6-3-18-14(20)22)7-9(10)13(21)19-4-1-17-2-5-19/h7-8,17H,1-6H2,(H,18,22). The molecule has 2 N–H and O–H groups in total. The average molecular weight is 310 g/mol. The van der Waals surface area contributed by atoms with Gasteiger partial charge in [0.1, 0.15) is 11.6 Å². The molecule has 0 unspecified atom stereocenters. The van der Waals surface area contributed by atoms with Gasteiger partial charge in [-0.25, -0.2) is 13.6 Å². The van der Waals surface area contributed by atoms with Crippen LogP contribution in [0.3, 0.4) is 0 Å². The van der Waals surface area contributed by atoms with Crippen molar-refractivity contribution < 1.29 is 18.4 Å². The molecule has 22 heavy (non-hydrogen) atoms. The molecule has 1 aromatic carbocycles. The van der Waals surface area contributed by atoms with Gasteiger partial charge in [-0.1, -0.05) is 0 Å². The van der Waals surface area contributed by atoms with Gasteiger partial charge in [-0.05, 0) is 6.07 Å². The summed E-state index contributed by atoms with van der Waals surface area (Å²) in [6.07, 6.45) is 0. The number of amides is 3. The van der Waals surface area contributed by atoms with E-state index < -0.39 is 23.6 Å². The third-order valence-electron chi connectivity index (χ3n) is 3.82. The third-order valence-corrected chi connectivity index (χ3v) is 3.82. The molecule has 6 nitrogen and oxygen atoms in total. The van der Waals surface area contributed by atoms with Crippen LogP contribution in [0.4, 0.5) is 19.3 Å². The number of hydrogen-bond acceptors (Lipinski definition) is 3. The van der Waals surface area contributed by atoms with E-state index in [4.69, 9.17) is 0 Å². The van der Waals surface area contributed by atoms with Crippen LogP contribution < -0.4 is 15.5 Å². The maximum absolute atomic E-state index is 14.0. The van der Waals surface area contributed by atoms with Gasteiger partial charge < -0.3 is 15.5 Å². The number of rotatable bonds is 2. The van der Waals surface area contributed by atoms with Crippen LogP contribution in [0.25, 0.3) is 0 Å². The van der Waals surface area contributed by atoms with Crippen LogP contribution in [0.1, 0.15) is 10.4 Å². The van der Waals surface area contributed by atoms with Crippen LogP contribution in [0, 0.1) is 11.6 Å². The molecule has 0 bridgehead atoms. The lowest BCUT2D eigenvalue weighted by Gasteiger charge is -2.28. The zero-order chi connectivity index (χ0) is 15.7. The molecule has 2 aliphatic rings. The van der Waals surface area contributed by atoms with Crippen molar-refractivity contribution in [3.05, 3.63) is 29.3 Å². The molecule has 118 valence electrons. The lowest BCUT2D eigenvalue weighted by Crippen LogP contribution is -2.46. The zero-order valence-electron chi connectivity index (χ0n) is 11.9. The van der Waals surface area contributed by atoms with E-state index in [1.54, 1.807) is 0 Å². The SMILES string of the molecule is O=C(c1cc(N2CCNC2=O)c(F)cc1F)N1CCNCC1. The summed E-state index contributed by atoms with van der Waals surface area (Å²) < 4.78 is 28.0. The van der Waals surface area contributed by atoms with Gasteiger partial charge in [0.15, 0.2) is 0 Å².